The molecule has 4 heterocycles. The molecule has 218 valence electrons. The number of hydrogen-bond acceptors (Lipinski definition) is 9. The van der Waals surface area contributed by atoms with Gasteiger partial charge in [-0.2, -0.15) is 0 Å². The third kappa shape index (κ3) is 6.85. The topological polar surface area (TPSA) is 115 Å². The van der Waals surface area contributed by atoms with Gasteiger partial charge in [-0.15, -0.1) is 0 Å². The van der Waals surface area contributed by atoms with Gasteiger partial charge in [-0.25, -0.2) is 9.97 Å². The summed E-state index contributed by atoms with van der Waals surface area (Å²) >= 11 is 0. The van der Waals surface area contributed by atoms with E-state index >= 15 is 0 Å². The molecule has 0 bridgehead atoms. The molecule has 0 aliphatic carbocycles. The number of benzene rings is 1. The van der Waals surface area contributed by atoms with E-state index in [4.69, 9.17) is 10.7 Å². The first kappa shape index (κ1) is 28.6. The van der Waals surface area contributed by atoms with Crippen LogP contribution in [0.25, 0.3) is 0 Å². The molecule has 1 atom stereocenters. The molecule has 10 heteroatoms. The van der Waals surface area contributed by atoms with Gasteiger partial charge in [0.2, 0.25) is 0 Å². The lowest BCUT2D eigenvalue weighted by atomic mass is 10.0. The number of piperazine rings is 1. The molecule has 5 rings (SSSR count). The van der Waals surface area contributed by atoms with Crippen LogP contribution >= 0.6 is 0 Å². The minimum atomic E-state index is -0.582. The Hall–Kier alpha value is -2.95. The first-order valence-electron chi connectivity index (χ1n) is 15.1. The quantitative estimate of drug-likeness (QED) is 0.375. The lowest BCUT2D eigenvalue weighted by Gasteiger charge is -2.43. The molecule has 0 saturated carbocycles. The van der Waals surface area contributed by atoms with Crippen LogP contribution in [0.1, 0.15) is 60.8 Å². The number of nitrogens with two attached hydrogens (primary N) is 1. The molecule has 3 fully saturated rings. The normalized spacial score (nSPS) is 21.4. The van der Waals surface area contributed by atoms with E-state index in [1.165, 1.54) is 63.1 Å². The molecule has 40 heavy (non-hydrogen) atoms. The Morgan fingerprint density at radius 2 is 1.82 bits per heavy atom. The Morgan fingerprint density at radius 3 is 2.48 bits per heavy atom. The van der Waals surface area contributed by atoms with Crippen molar-refractivity contribution in [3.8, 4) is 0 Å². The Bertz CT molecular complexity index is 1150. The van der Waals surface area contributed by atoms with Crippen LogP contribution in [0.15, 0.2) is 18.2 Å². The summed E-state index contributed by atoms with van der Waals surface area (Å²) in [6.07, 6.45) is 6.68. The summed E-state index contributed by atoms with van der Waals surface area (Å²) in [5, 5.41) is 10.4. The Labute approximate surface area is 239 Å². The van der Waals surface area contributed by atoms with Gasteiger partial charge in [0.15, 0.2) is 11.5 Å². The van der Waals surface area contributed by atoms with Crippen LogP contribution < -0.4 is 26.6 Å². The van der Waals surface area contributed by atoms with Crippen LogP contribution in [-0.4, -0.2) is 97.2 Å². The van der Waals surface area contributed by atoms with Gasteiger partial charge in [0.25, 0.3) is 5.91 Å². The van der Waals surface area contributed by atoms with Crippen molar-refractivity contribution < 1.29 is 4.79 Å². The fraction of sp³-hybridized carbons (Fsp3) is 0.633. The Kier molecular flexibility index (Phi) is 9.39. The van der Waals surface area contributed by atoms with Crippen molar-refractivity contribution in [1.29, 1.82) is 0 Å². The average molecular weight is 550 g/mol. The van der Waals surface area contributed by atoms with Crippen molar-refractivity contribution in [3.63, 3.8) is 0 Å². The van der Waals surface area contributed by atoms with Gasteiger partial charge in [0.1, 0.15) is 5.82 Å². The minimum absolute atomic E-state index is 0.172. The monoisotopic (exact) mass is 549 g/mol. The lowest BCUT2D eigenvalue weighted by molar-refractivity contribution is 0.0982. The molecule has 1 amide bonds. The van der Waals surface area contributed by atoms with Gasteiger partial charge in [-0.05, 0) is 76.4 Å². The average Bonchev–Trinajstić information content (AvgIpc) is 2.97. The van der Waals surface area contributed by atoms with Gasteiger partial charge >= 0.3 is 0 Å². The summed E-state index contributed by atoms with van der Waals surface area (Å²) in [5.74, 6) is 0.518. The van der Waals surface area contributed by atoms with Gasteiger partial charge in [0, 0.05) is 69.3 Å². The number of rotatable bonds is 9. The number of aromatic nitrogens is 2. The van der Waals surface area contributed by atoms with E-state index in [0.717, 1.165) is 44.0 Å². The molecule has 3 aliphatic rings. The molecule has 1 aromatic carbocycles. The molecule has 5 N–H and O–H groups in total. The van der Waals surface area contributed by atoms with E-state index in [1.807, 2.05) is 6.92 Å². The number of piperidine rings is 2. The number of nitrogens with zero attached hydrogens (tertiary/aromatic N) is 5. The van der Waals surface area contributed by atoms with Crippen LogP contribution in [0.5, 0.6) is 0 Å². The highest BCUT2D eigenvalue weighted by Crippen LogP contribution is 2.30. The summed E-state index contributed by atoms with van der Waals surface area (Å²) in [4.78, 5) is 29.4. The smallest absolute Gasteiger partial charge is 0.271 e. The van der Waals surface area contributed by atoms with Gasteiger partial charge in [0.05, 0.1) is 5.69 Å². The number of primary amides is 1. The first-order chi connectivity index (χ1) is 19.4. The van der Waals surface area contributed by atoms with Gasteiger partial charge in [-0.1, -0.05) is 13.3 Å². The third-order valence-electron chi connectivity index (χ3n) is 8.78. The van der Waals surface area contributed by atoms with E-state index in [2.05, 4.69) is 67.8 Å². The number of aryl methyl sites for hydroxylation is 2. The number of anilines is 4. The number of carbonyl (C=O) groups excluding carboxylic acids is 1. The summed E-state index contributed by atoms with van der Waals surface area (Å²) < 4.78 is 0. The van der Waals surface area contributed by atoms with E-state index in [0.29, 0.717) is 30.1 Å². The minimum Gasteiger partial charge on any atom is -0.371 e. The molecule has 3 aliphatic heterocycles. The second-order valence-electron chi connectivity index (χ2n) is 11.6. The number of carbonyl (C=O) groups is 1. The number of likely N-dealkylation sites (N-methyl/N-ethyl adjacent to an activating group) is 1. The van der Waals surface area contributed by atoms with Gasteiger partial charge in [-0.3, -0.25) is 9.69 Å². The van der Waals surface area contributed by atoms with Crippen molar-refractivity contribution in [3.05, 3.63) is 35.2 Å². The fourth-order valence-electron chi connectivity index (χ4n) is 6.32. The Morgan fingerprint density at radius 1 is 1.05 bits per heavy atom. The highest BCUT2D eigenvalue weighted by atomic mass is 16.1. The third-order valence-corrected chi connectivity index (χ3v) is 8.78. The predicted molar refractivity (Wildman–Crippen MR) is 163 cm³/mol. The first-order valence-corrected chi connectivity index (χ1v) is 15.1. The Balaban J connectivity index is 1.26. The van der Waals surface area contributed by atoms with Crippen LogP contribution in [0, 0.1) is 6.92 Å². The molecular weight excluding hydrogens is 502 g/mol. The van der Waals surface area contributed by atoms with Crippen molar-refractivity contribution in [2.75, 3.05) is 74.9 Å². The van der Waals surface area contributed by atoms with Crippen molar-refractivity contribution in [1.82, 2.24) is 25.1 Å². The highest BCUT2D eigenvalue weighted by Gasteiger charge is 2.27. The second kappa shape index (κ2) is 13.1. The zero-order valence-electron chi connectivity index (χ0n) is 24.5. The van der Waals surface area contributed by atoms with Crippen LogP contribution in [0.4, 0.5) is 23.0 Å². The molecule has 0 unspecified atom stereocenters. The van der Waals surface area contributed by atoms with E-state index in [1.54, 1.807) is 0 Å². The van der Waals surface area contributed by atoms with Crippen LogP contribution in [0.3, 0.4) is 0 Å². The molecule has 3 saturated heterocycles. The molecule has 0 spiro atoms. The standard InChI is InChI=1S/C30H47N9O/c1-4-25-29(33-20-23-7-5-6-12-32-23)36-30(27(35-25)28(31)40)34-22-8-9-26(21(2)19-22)39-13-10-24(11-14-39)38-17-15-37(3)16-18-38/h8-9,19,23-24,32H,4-7,10-18,20H2,1-3H3,(H2,31,40)(H2,33,34,36)/t23-/m1/s1. The molecule has 0 radical (unpaired) electrons. The maximum absolute atomic E-state index is 12.3. The number of amides is 1. The van der Waals surface area contributed by atoms with Crippen molar-refractivity contribution in [2.24, 2.45) is 5.73 Å². The SMILES string of the molecule is CCc1nc(C(N)=O)c(Nc2ccc(N3CCC(N4CCN(C)CC4)CC3)c(C)c2)nc1NC[C@H]1CCCCN1. The zero-order chi connectivity index (χ0) is 28.1. The van der Waals surface area contributed by atoms with Crippen molar-refractivity contribution in [2.45, 2.75) is 64.5 Å². The number of hydrogen-bond donors (Lipinski definition) is 4. The maximum Gasteiger partial charge on any atom is 0.271 e. The summed E-state index contributed by atoms with van der Waals surface area (Å²) in [7, 11) is 2.22. The summed E-state index contributed by atoms with van der Waals surface area (Å²) in [5.41, 5.74) is 9.99. The summed E-state index contributed by atoms with van der Waals surface area (Å²) in [6.45, 7) is 12.9. The molecular formula is C30H47N9O. The molecule has 1 aromatic heterocycles. The zero-order valence-corrected chi connectivity index (χ0v) is 24.5. The fourth-order valence-corrected chi connectivity index (χ4v) is 6.32. The summed E-state index contributed by atoms with van der Waals surface area (Å²) in [6, 6.07) is 7.48. The van der Waals surface area contributed by atoms with Crippen LogP contribution in [0.2, 0.25) is 0 Å². The highest BCUT2D eigenvalue weighted by molar-refractivity contribution is 5.96. The van der Waals surface area contributed by atoms with E-state index < -0.39 is 5.91 Å². The van der Waals surface area contributed by atoms with Crippen LogP contribution in [-0.2, 0) is 6.42 Å². The molecule has 10 nitrogen and oxygen atoms in total. The van der Waals surface area contributed by atoms with Gasteiger partial charge < -0.3 is 31.5 Å². The number of nitrogens with one attached hydrogen (secondary N) is 3. The van der Waals surface area contributed by atoms with Crippen molar-refractivity contribution >= 4 is 28.9 Å². The van der Waals surface area contributed by atoms with E-state index in [9.17, 15) is 4.79 Å². The van der Waals surface area contributed by atoms with E-state index in [-0.39, 0.29) is 5.69 Å². The molecule has 2 aromatic rings. The lowest BCUT2D eigenvalue weighted by Crippen LogP contribution is -2.52. The largest absolute Gasteiger partial charge is 0.371 e. The predicted octanol–water partition coefficient (Wildman–Crippen LogP) is 2.96. The second-order valence-corrected chi connectivity index (χ2v) is 11.6. The maximum atomic E-state index is 12.3.